The van der Waals surface area contributed by atoms with E-state index in [4.69, 9.17) is 10.00 Å². The molecule has 0 aliphatic carbocycles. The standard InChI is InChI=1S/C15H18N2O4S/c1-20-15(19)13(7-8-22-2)17-14(18)10-21-12-5-3-11(9-16)4-6-12/h3-6,13H,7-8,10H2,1-2H3,(H,17,18)/t13-/m1/s1. The minimum absolute atomic E-state index is 0.210. The molecule has 0 radical (unpaired) electrons. The third-order valence-corrected chi connectivity index (χ3v) is 3.43. The van der Waals surface area contributed by atoms with Crippen LogP contribution >= 0.6 is 11.8 Å². The van der Waals surface area contributed by atoms with Crippen LogP contribution in [-0.4, -0.2) is 43.6 Å². The maximum Gasteiger partial charge on any atom is 0.328 e. The minimum atomic E-state index is -0.672. The van der Waals surface area contributed by atoms with Crippen molar-refractivity contribution in [3.05, 3.63) is 29.8 Å². The van der Waals surface area contributed by atoms with Crippen LogP contribution in [0.1, 0.15) is 12.0 Å². The number of carbonyl (C=O) groups excluding carboxylic acids is 2. The Morgan fingerprint density at radius 1 is 1.36 bits per heavy atom. The molecule has 22 heavy (non-hydrogen) atoms. The summed E-state index contributed by atoms with van der Waals surface area (Å²) in [5.74, 6) is 0.339. The molecule has 0 aliphatic rings. The summed E-state index contributed by atoms with van der Waals surface area (Å²) in [7, 11) is 1.29. The van der Waals surface area contributed by atoms with Gasteiger partial charge in [0.1, 0.15) is 11.8 Å². The van der Waals surface area contributed by atoms with Crippen molar-refractivity contribution >= 4 is 23.6 Å². The van der Waals surface area contributed by atoms with E-state index < -0.39 is 17.9 Å². The number of methoxy groups -OCH3 is 1. The molecule has 0 saturated heterocycles. The number of amides is 1. The third-order valence-electron chi connectivity index (χ3n) is 2.78. The van der Waals surface area contributed by atoms with E-state index in [0.29, 0.717) is 17.7 Å². The summed E-state index contributed by atoms with van der Waals surface area (Å²) in [6.45, 7) is -0.210. The minimum Gasteiger partial charge on any atom is -0.484 e. The van der Waals surface area contributed by atoms with Gasteiger partial charge in [-0.25, -0.2) is 4.79 Å². The number of benzene rings is 1. The largest absolute Gasteiger partial charge is 0.484 e. The van der Waals surface area contributed by atoms with E-state index in [1.165, 1.54) is 7.11 Å². The van der Waals surface area contributed by atoms with Crippen LogP contribution in [0.2, 0.25) is 0 Å². The van der Waals surface area contributed by atoms with Crippen LogP contribution in [0.15, 0.2) is 24.3 Å². The first-order valence-corrected chi connectivity index (χ1v) is 7.99. The zero-order valence-corrected chi connectivity index (χ0v) is 13.3. The van der Waals surface area contributed by atoms with Crippen molar-refractivity contribution in [3.8, 4) is 11.8 Å². The van der Waals surface area contributed by atoms with Crippen LogP contribution in [-0.2, 0) is 14.3 Å². The Morgan fingerprint density at radius 3 is 2.59 bits per heavy atom. The monoisotopic (exact) mass is 322 g/mol. The Labute approximate surface area is 133 Å². The van der Waals surface area contributed by atoms with Crippen molar-refractivity contribution in [1.82, 2.24) is 5.32 Å². The molecule has 0 bridgehead atoms. The van der Waals surface area contributed by atoms with Gasteiger partial charge < -0.3 is 14.8 Å². The average molecular weight is 322 g/mol. The number of nitriles is 1. The maximum absolute atomic E-state index is 11.8. The molecule has 0 fully saturated rings. The normalized spacial score (nSPS) is 11.1. The lowest BCUT2D eigenvalue weighted by molar-refractivity contribution is -0.145. The van der Waals surface area contributed by atoms with Crippen molar-refractivity contribution < 1.29 is 19.1 Å². The van der Waals surface area contributed by atoms with Gasteiger partial charge >= 0.3 is 5.97 Å². The summed E-state index contributed by atoms with van der Waals surface area (Å²) in [5, 5.41) is 11.3. The van der Waals surface area contributed by atoms with Gasteiger partial charge in [-0.1, -0.05) is 0 Å². The van der Waals surface area contributed by atoms with Gasteiger partial charge in [0.05, 0.1) is 18.7 Å². The molecule has 118 valence electrons. The molecule has 0 heterocycles. The van der Waals surface area contributed by atoms with E-state index in [-0.39, 0.29) is 6.61 Å². The van der Waals surface area contributed by atoms with Gasteiger partial charge in [0.2, 0.25) is 0 Å². The first-order chi connectivity index (χ1) is 10.6. The van der Waals surface area contributed by atoms with Crippen molar-refractivity contribution in [1.29, 1.82) is 5.26 Å². The van der Waals surface area contributed by atoms with Gasteiger partial charge in [0, 0.05) is 0 Å². The fourth-order valence-corrected chi connectivity index (χ4v) is 2.11. The van der Waals surface area contributed by atoms with Gasteiger partial charge in [-0.15, -0.1) is 0 Å². The van der Waals surface area contributed by atoms with E-state index in [1.54, 1.807) is 36.0 Å². The molecule has 0 aliphatic heterocycles. The molecule has 0 saturated carbocycles. The highest BCUT2D eigenvalue weighted by Gasteiger charge is 2.21. The molecule has 1 rings (SSSR count). The summed E-state index contributed by atoms with van der Waals surface area (Å²) in [6.07, 6.45) is 2.42. The number of hydrogen-bond donors (Lipinski definition) is 1. The Kier molecular flexibility index (Phi) is 7.86. The van der Waals surface area contributed by atoms with Crippen molar-refractivity contribution in [3.63, 3.8) is 0 Å². The van der Waals surface area contributed by atoms with Crippen LogP contribution < -0.4 is 10.1 Å². The van der Waals surface area contributed by atoms with E-state index >= 15 is 0 Å². The molecule has 0 unspecified atom stereocenters. The fraction of sp³-hybridized carbons (Fsp3) is 0.400. The Balaban J connectivity index is 2.48. The van der Waals surface area contributed by atoms with Crippen LogP contribution in [0.5, 0.6) is 5.75 Å². The Hall–Kier alpha value is -2.20. The summed E-state index contributed by atoms with van der Waals surface area (Å²) < 4.78 is 9.97. The second-order valence-corrected chi connectivity index (χ2v) is 5.34. The number of thioether (sulfide) groups is 1. The number of carbonyl (C=O) groups is 2. The molecule has 6 nitrogen and oxygen atoms in total. The number of rotatable bonds is 8. The van der Waals surface area contributed by atoms with Gasteiger partial charge in [-0.05, 0) is 42.7 Å². The van der Waals surface area contributed by atoms with Gasteiger partial charge in [0.15, 0.2) is 6.61 Å². The lowest BCUT2D eigenvalue weighted by Crippen LogP contribution is -2.43. The third kappa shape index (κ3) is 6.06. The van der Waals surface area contributed by atoms with E-state index in [9.17, 15) is 9.59 Å². The molecule has 1 aromatic carbocycles. The van der Waals surface area contributed by atoms with Gasteiger partial charge in [-0.2, -0.15) is 17.0 Å². The molecule has 0 aromatic heterocycles. The predicted octanol–water partition coefficient (Wildman–Crippen LogP) is 1.35. The van der Waals surface area contributed by atoms with Crippen LogP contribution in [0.25, 0.3) is 0 Å². The number of nitrogens with zero attached hydrogens (tertiary/aromatic N) is 1. The lowest BCUT2D eigenvalue weighted by atomic mass is 10.2. The van der Waals surface area contributed by atoms with E-state index in [0.717, 1.165) is 5.75 Å². The predicted molar refractivity (Wildman–Crippen MR) is 83.6 cm³/mol. The molecular weight excluding hydrogens is 304 g/mol. The zero-order chi connectivity index (χ0) is 16.4. The van der Waals surface area contributed by atoms with Crippen LogP contribution in [0, 0.1) is 11.3 Å². The summed E-state index contributed by atoms with van der Waals surface area (Å²) in [5.41, 5.74) is 0.514. The first-order valence-electron chi connectivity index (χ1n) is 6.59. The number of hydrogen-bond acceptors (Lipinski definition) is 6. The molecule has 1 N–H and O–H groups in total. The van der Waals surface area contributed by atoms with Crippen LogP contribution in [0.3, 0.4) is 0 Å². The van der Waals surface area contributed by atoms with E-state index in [1.807, 2.05) is 12.3 Å². The number of nitrogens with one attached hydrogen (secondary N) is 1. The summed E-state index contributed by atoms with van der Waals surface area (Å²) in [4.78, 5) is 23.4. The summed E-state index contributed by atoms with van der Waals surface area (Å²) in [6, 6.07) is 7.74. The highest BCUT2D eigenvalue weighted by Crippen LogP contribution is 2.11. The molecule has 7 heteroatoms. The van der Waals surface area contributed by atoms with Crippen molar-refractivity contribution in [2.45, 2.75) is 12.5 Å². The van der Waals surface area contributed by atoms with E-state index in [2.05, 4.69) is 10.1 Å². The molecular formula is C15H18N2O4S. The highest BCUT2D eigenvalue weighted by molar-refractivity contribution is 7.98. The molecule has 1 amide bonds. The first kappa shape index (κ1) is 17.9. The quantitative estimate of drug-likeness (QED) is 0.727. The molecule has 1 atom stereocenters. The van der Waals surface area contributed by atoms with Crippen molar-refractivity contribution in [2.75, 3.05) is 25.7 Å². The Bertz CT molecular complexity index is 539. The molecule has 0 spiro atoms. The number of ether oxygens (including phenoxy) is 2. The topological polar surface area (TPSA) is 88.4 Å². The second-order valence-electron chi connectivity index (χ2n) is 4.35. The molecule has 1 aromatic rings. The lowest BCUT2D eigenvalue weighted by Gasteiger charge is -2.16. The highest BCUT2D eigenvalue weighted by atomic mass is 32.2. The van der Waals surface area contributed by atoms with Crippen LogP contribution in [0.4, 0.5) is 0 Å². The maximum atomic E-state index is 11.8. The van der Waals surface area contributed by atoms with Gasteiger partial charge in [0.25, 0.3) is 5.91 Å². The van der Waals surface area contributed by atoms with Crippen molar-refractivity contribution in [2.24, 2.45) is 0 Å². The Morgan fingerprint density at radius 2 is 2.05 bits per heavy atom. The number of esters is 1. The SMILES string of the molecule is COC(=O)[C@@H](CCSC)NC(=O)COc1ccc(C#N)cc1. The fourth-order valence-electron chi connectivity index (χ4n) is 1.64. The smallest absolute Gasteiger partial charge is 0.328 e. The second kappa shape index (κ2) is 9.68. The zero-order valence-electron chi connectivity index (χ0n) is 12.5. The summed E-state index contributed by atoms with van der Waals surface area (Å²) >= 11 is 1.58. The van der Waals surface area contributed by atoms with Gasteiger partial charge in [-0.3, -0.25) is 4.79 Å². The average Bonchev–Trinajstić information content (AvgIpc) is 2.56.